The molecule has 1 atom stereocenters. The molecule has 0 heterocycles. The highest BCUT2D eigenvalue weighted by Gasteiger charge is 2.30. The fraction of sp³-hybridized carbons (Fsp3) is 0.429. The molecule has 1 aromatic rings. The highest BCUT2D eigenvalue weighted by molar-refractivity contribution is 7.89. The molecular formula is C14H19ClN2O6S. The van der Waals surface area contributed by atoms with Crippen molar-refractivity contribution in [3.05, 3.63) is 22.7 Å². The van der Waals surface area contributed by atoms with Crippen molar-refractivity contribution in [1.82, 2.24) is 4.72 Å². The summed E-state index contributed by atoms with van der Waals surface area (Å²) in [6, 6.07) is 1.15. The zero-order valence-electron chi connectivity index (χ0n) is 13.4. The second-order valence-corrected chi connectivity index (χ2v) is 7.57. The van der Waals surface area contributed by atoms with Gasteiger partial charge in [0.2, 0.25) is 10.0 Å². The van der Waals surface area contributed by atoms with Crippen molar-refractivity contribution in [2.24, 2.45) is 11.7 Å². The zero-order valence-corrected chi connectivity index (χ0v) is 14.9. The summed E-state index contributed by atoms with van der Waals surface area (Å²) in [5.74, 6) is -2.40. The van der Waals surface area contributed by atoms with Gasteiger partial charge in [0, 0.05) is 6.07 Å². The molecule has 8 nitrogen and oxygen atoms in total. The lowest BCUT2D eigenvalue weighted by atomic mass is 10.1. The number of halogens is 1. The summed E-state index contributed by atoms with van der Waals surface area (Å²) in [6.07, 6.45) is 0. The third-order valence-electron chi connectivity index (χ3n) is 3.10. The molecular weight excluding hydrogens is 360 g/mol. The van der Waals surface area contributed by atoms with Crippen molar-refractivity contribution in [3.63, 3.8) is 0 Å². The van der Waals surface area contributed by atoms with E-state index in [1.54, 1.807) is 20.8 Å². The monoisotopic (exact) mass is 378 g/mol. The van der Waals surface area contributed by atoms with Crippen LogP contribution < -0.4 is 15.2 Å². The van der Waals surface area contributed by atoms with E-state index < -0.39 is 40.5 Å². The van der Waals surface area contributed by atoms with Crippen molar-refractivity contribution in [3.8, 4) is 5.75 Å². The highest BCUT2D eigenvalue weighted by atomic mass is 35.5. The van der Waals surface area contributed by atoms with Gasteiger partial charge in [-0.2, -0.15) is 4.72 Å². The number of ether oxygens (including phenoxy) is 1. The van der Waals surface area contributed by atoms with Gasteiger partial charge in [0.05, 0.1) is 5.02 Å². The minimum atomic E-state index is -4.22. The minimum absolute atomic E-state index is 0.0979. The summed E-state index contributed by atoms with van der Waals surface area (Å²) in [5, 5.41) is 9.03. The number of nitrogens with two attached hydrogens (primary N) is 1. The Hall–Kier alpha value is -1.84. The number of carboxylic acid groups (broad SMARTS) is 1. The van der Waals surface area contributed by atoms with E-state index in [2.05, 4.69) is 4.72 Å². The summed E-state index contributed by atoms with van der Waals surface area (Å²) < 4.78 is 32.2. The van der Waals surface area contributed by atoms with Crippen molar-refractivity contribution < 1.29 is 27.9 Å². The molecule has 1 aromatic carbocycles. The number of carbonyl (C=O) groups is 2. The SMILES string of the molecule is Cc1cc(Cl)c(S(=O)(=O)N[C@H](C(=O)O)C(C)C)cc1OCC(N)=O. The standard InChI is InChI=1S/C14H19ClN2O6S/c1-7(2)13(14(19)20)17-24(21,22)11-5-10(23-6-12(16)18)8(3)4-9(11)15/h4-5,7,13,17H,6H2,1-3H3,(H2,16,18)(H,19,20)/t13-/m0/s1. The average Bonchev–Trinajstić information content (AvgIpc) is 2.42. The van der Waals surface area contributed by atoms with Gasteiger partial charge < -0.3 is 15.6 Å². The number of hydrogen-bond donors (Lipinski definition) is 3. The first-order valence-corrected chi connectivity index (χ1v) is 8.78. The molecule has 1 amide bonds. The maximum Gasteiger partial charge on any atom is 0.322 e. The third kappa shape index (κ3) is 5.08. The Balaban J connectivity index is 3.25. The maximum atomic E-state index is 12.5. The number of sulfonamides is 1. The quantitative estimate of drug-likeness (QED) is 0.614. The molecule has 0 unspecified atom stereocenters. The van der Waals surface area contributed by atoms with E-state index in [1.165, 1.54) is 6.07 Å². The van der Waals surface area contributed by atoms with E-state index in [1.807, 2.05) is 0 Å². The lowest BCUT2D eigenvalue weighted by molar-refractivity contribution is -0.140. The molecule has 0 bridgehead atoms. The van der Waals surface area contributed by atoms with Crippen LogP contribution >= 0.6 is 11.6 Å². The van der Waals surface area contributed by atoms with Crippen molar-refractivity contribution >= 4 is 33.5 Å². The molecule has 0 aliphatic rings. The van der Waals surface area contributed by atoms with E-state index in [-0.39, 0.29) is 15.7 Å². The average molecular weight is 379 g/mol. The number of carboxylic acids is 1. The Labute approximate surface area is 145 Å². The Kier molecular flexibility index (Phi) is 6.58. The van der Waals surface area contributed by atoms with E-state index in [4.69, 9.17) is 27.2 Å². The lowest BCUT2D eigenvalue weighted by Crippen LogP contribution is -2.44. The first-order valence-electron chi connectivity index (χ1n) is 6.92. The number of hydrogen-bond acceptors (Lipinski definition) is 5. The van der Waals surface area contributed by atoms with Gasteiger partial charge in [0.1, 0.15) is 16.7 Å². The van der Waals surface area contributed by atoms with E-state index in [9.17, 15) is 18.0 Å². The van der Waals surface area contributed by atoms with Crippen molar-refractivity contribution in [2.45, 2.75) is 31.7 Å². The van der Waals surface area contributed by atoms with Gasteiger partial charge in [-0.15, -0.1) is 0 Å². The zero-order chi connectivity index (χ0) is 18.7. The molecule has 0 saturated carbocycles. The molecule has 1 rings (SSSR count). The highest BCUT2D eigenvalue weighted by Crippen LogP contribution is 2.30. The van der Waals surface area contributed by atoms with Gasteiger partial charge >= 0.3 is 5.97 Å². The molecule has 10 heteroatoms. The largest absolute Gasteiger partial charge is 0.483 e. The lowest BCUT2D eigenvalue weighted by Gasteiger charge is -2.19. The third-order valence-corrected chi connectivity index (χ3v) is 5.01. The van der Waals surface area contributed by atoms with E-state index in [0.717, 1.165) is 6.07 Å². The van der Waals surface area contributed by atoms with Crippen molar-refractivity contribution in [2.75, 3.05) is 6.61 Å². The molecule has 0 spiro atoms. The molecule has 0 aliphatic heterocycles. The Morgan fingerprint density at radius 1 is 1.38 bits per heavy atom. The molecule has 24 heavy (non-hydrogen) atoms. The van der Waals surface area contributed by atoms with Crippen LogP contribution in [0.4, 0.5) is 0 Å². The van der Waals surface area contributed by atoms with Gasteiger partial charge in [-0.25, -0.2) is 8.42 Å². The summed E-state index contributed by atoms with van der Waals surface area (Å²) in [4.78, 5) is 21.7. The predicted molar refractivity (Wildman–Crippen MR) is 87.5 cm³/mol. The van der Waals surface area contributed by atoms with Crippen LogP contribution in [0.15, 0.2) is 17.0 Å². The van der Waals surface area contributed by atoms with Gasteiger partial charge in [-0.1, -0.05) is 25.4 Å². The maximum absolute atomic E-state index is 12.5. The van der Waals surface area contributed by atoms with Crippen LogP contribution in [0.25, 0.3) is 0 Å². The predicted octanol–water partition coefficient (Wildman–Crippen LogP) is 0.900. The van der Waals surface area contributed by atoms with Crippen LogP contribution in [0.2, 0.25) is 5.02 Å². The number of nitrogens with one attached hydrogen (secondary N) is 1. The fourth-order valence-electron chi connectivity index (χ4n) is 1.85. The van der Waals surface area contributed by atoms with Crippen LogP contribution in [-0.4, -0.2) is 38.0 Å². The second-order valence-electron chi connectivity index (χ2n) is 5.48. The first kappa shape index (κ1) is 20.2. The summed E-state index contributed by atoms with van der Waals surface area (Å²) in [5.41, 5.74) is 5.49. The first-order chi connectivity index (χ1) is 11.0. The van der Waals surface area contributed by atoms with Crippen LogP contribution in [0, 0.1) is 12.8 Å². The minimum Gasteiger partial charge on any atom is -0.483 e. The topological polar surface area (TPSA) is 136 Å². The van der Waals surface area contributed by atoms with Gasteiger partial charge in [0.15, 0.2) is 6.61 Å². The number of amides is 1. The summed E-state index contributed by atoms with van der Waals surface area (Å²) >= 11 is 5.98. The van der Waals surface area contributed by atoms with Crippen LogP contribution in [0.3, 0.4) is 0 Å². The number of primary amides is 1. The molecule has 0 fully saturated rings. The van der Waals surface area contributed by atoms with E-state index >= 15 is 0 Å². The summed E-state index contributed by atoms with van der Waals surface area (Å²) in [7, 11) is -4.22. The summed E-state index contributed by atoms with van der Waals surface area (Å²) in [6.45, 7) is 4.32. The number of aliphatic carboxylic acids is 1. The van der Waals surface area contributed by atoms with Crippen LogP contribution in [-0.2, 0) is 19.6 Å². The molecule has 134 valence electrons. The van der Waals surface area contributed by atoms with Gasteiger partial charge in [0.25, 0.3) is 5.91 Å². The van der Waals surface area contributed by atoms with Gasteiger partial charge in [-0.3, -0.25) is 9.59 Å². The smallest absolute Gasteiger partial charge is 0.322 e. The Bertz CT molecular complexity index is 748. The second kappa shape index (κ2) is 7.82. The molecule has 0 aliphatic carbocycles. The Morgan fingerprint density at radius 2 is 1.96 bits per heavy atom. The molecule has 0 saturated heterocycles. The normalized spacial score (nSPS) is 12.9. The Morgan fingerprint density at radius 3 is 2.42 bits per heavy atom. The number of rotatable bonds is 8. The molecule has 0 aromatic heterocycles. The molecule has 4 N–H and O–H groups in total. The number of aryl methyl sites for hydroxylation is 1. The van der Waals surface area contributed by atoms with E-state index in [0.29, 0.717) is 5.56 Å². The van der Waals surface area contributed by atoms with Crippen LogP contribution in [0.5, 0.6) is 5.75 Å². The van der Waals surface area contributed by atoms with Crippen LogP contribution in [0.1, 0.15) is 19.4 Å². The number of benzene rings is 1. The van der Waals surface area contributed by atoms with Crippen molar-refractivity contribution in [1.29, 1.82) is 0 Å². The number of carbonyl (C=O) groups excluding carboxylic acids is 1. The molecule has 0 radical (unpaired) electrons. The van der Waals surface area contributed by atoms with Gasteiger partial charge in [-0.05, 0) is 24.5 Å². The fourth-order valence-corrected chi connectivity index (χ4v) is 3.78.